The molecule has 2 heterocycles. The van der Waals surface area contributed by atoms with E-state index in [1.807, 2.05) is 4.98 Å². The zero-order valence-corrected chi connectivity index (χ0v) is 7.27. The number of aromatic nitrogens is 4. The van der Waals surface area contributed by atoms with Gasteiger partial charge in [0, 0.05) is 4.11 Å². The van der Waals surface area contributed by atoms with Crippen molar-refractivity contribution < 1.29 is 14.7 Å². The molecule has 0 aliphatic heterocycles. The topological polar surface area (TPSA) is 110 Å². The van der Waals surface area contributed by atoms with Crippen molar-refractivity contribution in [2.75, 3.05) is 12.3 Å². The van der Waals surface area contributed by atoms with Gasteiger partial charge in [-0.05, 0) is 6.85 Å². The first-order valence-corrected chi connectivity index (χ1v) is 3.78. The predicted molar refractivity (Wildman–Crippen MR) is 54.4 cm³/mol. The zero-order chi connectivity index (χ0) is 17.1. The predicted octanol–water partition coefficient (Wildman–Crippen LogP) is -0.745. The van der Waals surface area contributed by atoms with E-state index < -0.39 is 42.5 Å². The third-order valence-electron chi connectivity index (χ3n) is 1.70. The van der Waals surface area contributed by atoms with E-state index in [-0.39, 0.29) is 10.5 Å². The standard InChI is InChI=1S/C8H11N5O2/c1-4(2-14)13-3-10-6-5(13)7(15)12-8(9)11-6/h3-4,14H,2H2,1H3,(H3,9,11,12,15)/i1D3,2D2,3D,4D. The van der Waals surface area contributed by atoms with Gasteiger partial charge in [-0.3, -0.25) is 9.78 Å². The number of anilines is 1. The van der Waals surface area contributed by atoms with Crippen molar-refractivity contribution in [2.24, 2.45) is 0 Å². The van der Waals surface area contributed by atoms with Gasteiger partial charge in [-0.2, -0.15) is 4.98 Å². The Morgan fingerprint density at radius 2 is 2.87 bits per heavy atom. The molecule has 1 unspecified atom stereocenters. The van der Waals surface area contributed by atoms with E-state index >= 15 is 0 Å². The summed E-state index contributed by atoms with van der Waals surface area (Å²) in [7, 11) is 0. The molecule has 0 spiro atoms. The number of aromatic amines is 1. The summed E-state index contributed by atoms with van der Waals surface area (Å²) in [4.78, 5) is 21.1. The fourth-order valence-corrected chi connectivity index (χ4v) is 1.11. The van der Waals surface area contributed by atoms with Gasteiger partial charge in [-0.15, -0.1) is 0 Å². The third-order valence-corrected chi connectivity index (χ3v) is 1.70. The number of nitrogen functional groups attached to an aromatic ring is 1. The van der Waals surface area contributed by atoms with Crippen molar-refractivity contribution in [2.45, 2.75) is 12.9 Å². The van der Waals surface area contributed by atoms with Crippen LogP contribution in [-0.2, 0) is 0 Å². The summed E-state index contributed by atoms with van der Waals surface area (Å²) in [6.07, 6.45) is -0.928. The molecule has 1 atom stereocenters. The third kappa shape index (κ3) is 1.46. The molecular formula is C8H11N5O2. The van der Waals surface area contributed by atoms with Crippen LogP contribution < -0.4 is 11.3 Å². The summed E-state index contributed by atoms with van der Waals surface area (Å²) in [6.45, 7) is -7.04. The molecular weight excluding hydrogens is 198 g/mol. The molecule has 4 N–H and O–H groups in total. The first-order chi connectivity index (χ1) is 9.80. The molecule has 0 aliphatic rings. The lowest BCUT2D eigenvalue weighted by Crippen LogP contribution is -2.17. The lowest BCUT2D eigenvalue weighted by Gasteiger charge is -2.09. The van der Waals surface area contributed by atoms with Gasteiger partial charge >= 0.3 is 0 Å². The minimum atomic E-state index is -3.62. The van der Waals surface area contributed by atoms with Crippen LogP contribution in [0.2, 0.25) is 0 Å². The highest BCUT2D eigenvalue weighted by Crippen LogP contribution is 2.12. The second-order valence-electron chi connectivity index (χ2n) is 2.63. The number of nitrogens with one attached hydrogen (secondary N) is 1. The van der Waals surface area contributed by atoms with Crippen molar-refractivity contribution in [1.29, 1.82) is 0 Å². The van der Waals surface area contributed by atoms with Crippen LogP contribution in [0.15, 0.2) is 11.1 Å². The minimum Gasteiger partial charge on any atom is -0.394 e. The van der Waals surface area contributed by atoms with Crippen molar-refractivity contribution >= 4 is 17.1 Å². The Morgan fingerprint density at radius 1 is 2.07 bits per heavy atom. The Kier molecular flexibility index (Phi) is 0.965. The lowest BCUT2D eigenvalue weighted by atomic mass is 10.3. The van der Waals surface area contributed by atoms with Gasteiger partial charge in [0.05, 0.1) is 23.0 Å². The fourth-order valence-electron chi connectivity index (χ4n) is 1.11. The summed E-state index contributed by atoms with van der Waals surface area (Å²) in [6, 6.07) is -3.39. The quantitative estimate of drug-likeness (QED) is 0.612. The highest BCUT2D eigenvalue weighted by molar-refractivity contribution is 5.70. The number of nitrogens with two attached hydrogens (primary N) is 1. The number of hydrogen-bond acceptors (Lipinski definition) is 5. The van der Waals surface area contributed by atoms with Crippen LogP contribution in [0.5, 0.6) is 0 Å². The number of H-pyrrole nitrogens is 1. The SMILES string of the molecule is [2H]c1nc2nc(N)[nH]c(=O)c2n1C([2H])(C([2H])([2H])[2H])C([2H])([2H])O. The summed E-state index contributed by atoms with van der Waals surface area (Å²) >= 11 is 0. The van der Waals surface area contributed by atoms with Gasteiger partial charge in [0.25, 0.3) is 5.56 Å². The van der Waals surface area contributed by atoms with Crippen LogP contribution in [0.25, 0.3) is 11.2 Å². The number of nitrogens with zero attached hydrogens (tertiary/aromatic N) is 3. The highest BCUT2D eigenvalue weighted by atomic mass is 16.3. The molecule has 7 nitrogen and oxygen atoms in total. The Bertz CT molecular complexity index is 775. The molecule has 0 amide bonds. The van der Waals surface area contributed by atoms with Crippen LogP contribution in [0.1, 0.15) is 22.5 Å². The Hall–Kier alpha value is -1.89. The van der Waals surface area contributed by atoms with E-state index in [2.05, 4.69) is 9.97 Å². The van der Waals surface area contributed by atoms with Gasteiger partial charge in [0.1, 0.15) is 1.37 Å². The van der Waals surface area contributed by atoms with Crippen molar-refractivity contribution in [1.82, 2.24) is 19.5 Å². The number of imidazole rings is 1. The molecule has 2 aromatic heterocycles. The van der Waals surface area contributed by atoms with Gasteiger partial charge in [0.2, 0.25) is 5.95 Å². The van der Waals surface area contributed by atoms with Gasteiger partial charge in [-0.1, -0.05) is 0 Å². The van der Waals surface area contributed by atoms with Crippen molar-refractivity contribution in [3.05, 3.63) is 16.7 Å². The second kappa shape index (κ2) is 3.35. The van der Waals surface area contributed by atoms with E-state index in [4.69, 9.17) is 15.3 Å². The molecule has 0 bridgehead atoms. The molecule has 0 radical (unpaired) electrons. The van der Waals surface area contributed by atoms with E-state index in [9.17, 15) is 9.90 Å². The summed E-state index contributed by atoms with van der Waals surface area (Å²) < 4.78 is 52.4. The highest BCUT2D eigenvalue weighted by Gasteiger charge is 2.12. The Labute approximate surface area is 94.4 Å². The number of rotatable bonds is 2. The zero-order valence-electron chi connectivity index (χ0n) is 14.3. The summed E-state index contributed by atoms with van der Waals surface area (Å²) in [5, 5.41) is 9.57. The van der Waals surface area contributed by atoms with Crippen LogP contribution in [0, 0.1) is 0 Å². The molecule has 0 aliphatic carbocycles. The molecule has 0 aromatic carbocycles. The molecule has 15 heavy (non-hydrogen) atoms. The van der Waals surface area contributed by atoms with Crippen LogP contribution in [0.4, 0.5) is 5.95 Å². The molecule has 0 saturated heterocycles. The van der Waals surface area contributed by atoms with Crippen molar-refractivity contribution in [3.63, 3.8) is 0 Å². The van der Waals surface area contributed by atoms with E-state index in [0.29, 0.717) is 0 Å². The Morgan fingerprint density at radius 3 is 3.53 bits per heavy atom. The largest absolute Gasteiger partial charge is 0.394 e. The average molecular weight is 216 g/mol. The maximum absolute atomic E-state index is 11.9. The maximum Gasteiger partial charge on any atom is 0.278 e. The molecule has 80 valence electrons. The van der Waals surface area contributed by atoms with Gasteiger partial charge in [0.15, 0.2) is 11.2 Å². The van der Waals surface area contributed by atoms with Gasteiger partial charge in [-0.25, -0.2) is 4.98 Å². The first-order valence-electron chi connectivity index (χ1n) is 7.28. The minimum absolute atomic E-state index is 0.181. The molecule has 2 aromatic rings. The molecule has 2 rings (SSSR count). The Balaban J connectivity index is 3.00. The summed E-state index contributed by atoms with van der Waals surface area (Å²) in [5.41, 5.74) is 3.21. The molecule has 0 saturated carbocycles. The maximum atomic E-state index is 11.9. The monoisotopic (exact) mass is 216 g/mol. The summed E-state index contributed by atoms with van der Waals surface area (Å²) in [5.74, 6) is -0.348. The number of fused-ring (bicyclic) bond motifs is 1. The lowest BCUT2D eigenvalue weighted by molar-refractivity contribution is 0.241. The average Bonchev–Trinajstić information content (AvgIpc) is 2.61. The van der Waals surface area contributed by atoms with Crippen LogP contribution in [-0.4, -0.2) is 31.2 Å². The first kappa shape index (κ1) is 4.31. The number of aliphatic hydroxyl groups is 1. The number of hydrogen-bond donors (Lipinski definition) is 3. The van der Waals surface area contributed by atoms with Gasteiger partial charge < -0.3 is 15.4 Å². The van der Waals surface area contributed by atoms with Crippen molar-refractivity contribution in [3.8, 4) is 0 Å². The van der Waals surface area contributed by atoms with Crippen LogP contribution in [0.3, 0.4) is 0 Å². The van der Waals surface area contributed by atoms with E-state index in [0.717, 1.165) is 0 Å². The van der Waals surface area contributed by atoms with E-state index in [1.165, 1.54) is 0 Å². The fraction of sp³-hybridized carbons (Fsp3) is 0.375. The molecule has 0 fully saturated rings. The second-order valence-corrected chi connectivity index (χ2v) is 2.63. The normalized spacial score (nSPS) is 23.9. The smallest absolute Gasteiger partial charge is 0.278 e. The molecule has 7 heteroatoms. The van der Waals surface area contributed by atoms with E-state index in [1.54, 1.807) is 0 Å². The van der Waals surface area contributed by atoms with Crippen LogP contribution >= 0.6 is 0 Å².